The Morgan fingerprint density at radius 3 is 2.58 bits per heavy atom. The Labute approximate surface area is 114 Å². The van der Waals surface area contributed by atoms with Crippen LogP contribution in [-0.4, -0.2) is 21.5 Å². The van der Waals surface area contributed by atoms with E-state index in [4.69, 9.17) is 0 Å². The Bertz CT molecular complexity index is 523. The molecule has 2 aromatic rings. The number of nitrogens with zero attached hydrogens (tertiary/aromatic N) is 3. The summed E-state index contributed by atoms with van der Waals surface area (Å²) in [5.41, 5.74) is 2.28. The number of nitrogens with one attached hydrogen (secondary N) is 1. The van der Waals surface area contributed by atoms with Crippen LogP contribution in [-0.2, 0) is 6.42 Å². The third kappa shape index (κ3) is 4.02. The van der Waals surface area contributed by atoms with Crippen LogP contribution in [0.25, 0.3) is 0 Å². The molecule has 0 atom stereocenters. The second-order valence-electron chi connectivity index (χ2n) is 4.94. The van der Waals surface area contributed by atoms with Gasteiger partial charge in [-0.15, -0.1) is 0 Å². The van der Waals surface area contributed by atoms with Crippen molar-refractivity contribution in [3.05, 3.63) is 47.7 Å². The highest BCUT2D eigenvalue weighted by Gasteiger charge is 2.05. The minimum absolute atomic E-state index is 0.348. The van der Waals surface area contributed by atoms with Crippen LogP contribution in [0.1, 0.15) is 36.8 Å². The second-order valence-corrected chi connectivity index (χ2v) is 4.94. The second kappa shape index (κ2) is 6.27. The van der Waals surface area contributed by atoms with Crippen molar-refractivity contribution in [1.29, 1.82) is 0 Å². The molecule has 0 amide bonds. The molecule has 2 heterocycles. The Morgan fingerprint density at radius 1 is 1.16 bits per heavy atom. The molecule has 0 aliphatic heterocycles. The Balaban J connectivity index is 1.96. The van der Waals surface area contributed by atoms with Crippen LogP contribution in [0.5, 0.6) is 0 Å². The van der Waals surface area contributed by atoms with E-state index in [1.807, 2.05) is 37.5 Å². The summed E-state index contributed by atoms with van der Waals surface area (Å²) in [5, 5.41) is 3.36. The molecule has 4 heteroatoms. The zero-order chi connectivity index (χ0) is 13.7. The lowest BCUT2D eigenvalue weighted by Crippen LogP contribution is -2.09. The lowest BCUT2D eigenvalue weighted by atomic mass is 10.2. The first kappa shape index (κ1) is 13.5. The molecule has 0 unspecified atom stereocenters. The van der Waals surface area contributed by atoms with E-state index in [2.05, 4.69) is 34.1 Å². The maximum absolute atomic E-state index is 4.53. The van der Waals surface area contributed by atoms with Gasteiger partial charge < -0.3 is 5.32 Å². The van der Waals surface area contributed by atoms with Crippen LogP contribution in [0.15, 0.2) is 30.6 Å². The van der Waals surface area contributed by atoms with Gasteiger partial charge >= 0.3 is 0 Å². The highest BCUT2D eigenvalue weighted by atomic mass is 15.0. The lowest BCUT2D eigenvalue weighted by Gasteiger charge is -2.10. The molecule has 0 saturated heterocycles. The van der Waals surface area contributed by atoms with E-state index in [1.54, 1.807) is 0 Å². The van der Waals surface area contributed by atoms with E-state index in [-0.39, 0.29) is 0 Å². The summed E-state index contributed by atoms with van der Waals surface area (Å²) in [6.07, 6.45) is 4.60. The molecule has 19 heavy (non-hydrogen) atoms. The molecule has 0 spiro atoms. The average molecular weight is 256 g/mol. The van der Waals surface area contributed by atoms with Gasteiger partial charge in [0.05, 0.1) is 0 Å². The summed E-state index contributed by atoms with van der Waals surface area (Å²) in [5.74, 6) is 2.15. The number of pyridine rings is 1. The van der Waals surface area contributed by atoms with Crippen LogP contribution in [0.3, 0.4) is 0 Å². The molecule has 2 aromatic heterocycles. The van der Waals surface area contributed by atoms with Gasteiger partial charge in [0.2, 0.25) is 0 Å². The van der Waals surface area contributed by atoms with Gasteiger partial charge in [-0.05, 0) is 31.0 Å². The maximum Gasteiger partial charge on any atom is 0.133 e. The predicted octanol–water partition coefficient (Wildman–Crippen LogP) is 2.96. The van der Waals surface area contributed by atoms with Gasteiger partial charge in [0.15, 0.2) is 0 Å². The minimum atomic E-state index is 0.348. The monoisotopic (exact) mass is 256 g/mol. The van der Waals surface area contributed by atoms with Gasteiger partial charge in [-0.2, -0.15) is 0 Å². The number of aryl methyl sites for hydroxylation is 1. The van der Waals surface area contributed by atoms with Crippen LogP contribution in [0.4, 0.5) is 5.82 Å². The molecule has 0 aromatic carbocycles. The number of anilines is 1. The summed E-state index contributed by atoms with van der Waals surface area (Å²) in [6.45, 7) is 7.07. The Kier molecular flexibility index (Phi) is 4.44. The normalized spacial score (nSPS) is 10.7. The van der Waals surface area contributed by atoms with E-state index in [0.717, 1.165) is 30.3 Å². The molecule has 4 nitrogen and oxygen atoms in total. The van der Waals surface area contributed by atoms with Crippen molar-refractivity contribution in [2.75, 3.05) is 11.9 Å². The molecule has 100 valence electrons. The quantitative estimate of drug-likeness (QED) is 0.893. The van der Waals surface area contributed by atoms with Crippen molar-refractivity contribution in [1.82, 2.24) is 15.0 Å². The fourth-order valence-corrected chi connectivity index (χ4v) is 1.82. The van der Waals surface area contributed by atoms with E-state index in [0.29, 0.717) is 5.92 Å². The molecule has 0 bridgehead atoms. The van der Waals surface area contributed by atoms with Crippen molar-refractivity contribution in [3.8, 4) is 0 Å². The van der Waals surface area contributed by atoms with Gasteiger partial charge in [-0.25, -0.2) is 9.97 Å². The highest BCUT2D eigenvalue weighted by molar-refractivity contribution is 5.36. The van der Waals surface area contributed by atoms with Crippen LogP contribution in [0.2, 0.25) is 0 Å². The summed E-state index contributed by atoms with van der Waals surface area (Å²) in [7, 11) is 0. The van der Waals surface area contributed by atoms with E-state index < -0.39 is 0 Å². The van der Waals surface area contributed by atoms with Crippen molar-refractivity contribution in [3.63, 3.8) is 0 Å². The third-order valence-corrected chi connectivity index (χ3v) is 2.86. The smallest absolute Gasteiger partial charge is 0.133 e. The van der Waals surface area contributed by atoms with Gasteiger partial charge in [0.1, 0.15) is 11.6 Å². The maximum atomic E-state index is 4.53. The van der Waals surface area contributed by atoms with Crippen molar-refractivity contribution < 1.29 is 0 Å². The van der Waals surface area contributed by atoms with Gasteiger partial charge in [0.25, 0.3) is 0 Å². The van der Waals surface area contributed by atoms with Crippen LogP contribution in [0, 0.1) is 6.92 Å². The molecule has 0 aliphatic carbocycles. The largest absolute Gasteiger partial charge is 0.370 e. The minimum Gasteiger partial charge on any atom is -0.370 e. The van der Waals surface area contributed by atoms with Gasteiger partial charge in [-0.1, -0.05) is 13.8 Å². The molecule has 0 aliphatic rings. The molecule has 1 N–H and O–H groups in total. The molecule has 0 radical (unpaired) electrons. The molecular formula is C15H20N4. The van der Waals surface area contributed by atoms with Crippen LogP contribution >= 0.6 is 0 Å². The fourth-order valence-electron chi connectivity index (χ4n) is 1.82. The van der Waals surface area contributed by atoms with E-state index in [1.165, 1.54) is 5.56 Å². The summed E-state index contributed by atoms with van der Waals surface area (Å²) >= 11 is 0. The number of hydrogen-bond acceptors (Lipinski definition) is 4. The summed E-state index contributed by atoms with van der Waals surface area (Å²) in [6, 6.07) is 6.05. The zero-order valence-corrected chi connectivity index (χ0v) is 11.7. The number of rotatable bonds is 5. The molecule has 2 rings (SSSR count). The first-order valence-electron chi connectivity index (χ1n) is 6.63. The van der Waals surface area contributed by atoms with Crippen molar-refractivity contribution in [2.45, 2.75) is 33.1 Å². The topological polar surface area (TPSA) is 50.7 Å². The van der Waals surface area contributed by atoms with E-state index in [9.17, 15) is 0 Å². The highest BCUT2D eigenvalue weighted by Crippen LogP contribution is 2.13. The van der Waals surface area contributed by atoms with Gasteiger partial charge in [0, 0.05) is 36.6 Å². The van der Waals surface area contributed by atoms with Gasteiger partial charge in [-0.3, -0.25) is 4.98 Å². The Hall–Kier alpha value is -1.97. The van der Waals surface area contributed by atoms with Crippen LogP contribution < -0.4 is 5.32 Å². The first-order valence-corrected chi connectivity index (χ1v) is 6.63. The SMILES string of the molecule is Cc1cc(NCCc2ccncc2)nc(C(C)C)n1. The predicted molar refractivity (Wildman–Crippen MR) is 77.3 cm³/mol. The molecule has 0 fully saturated rings. The summed E-state index contributed by atoms with van der Waals surface area (Å²) in [4.78, 5) is 13.0. The zero-order valence-electron chi connectivity index (χ0n) is 11.7. The standard InChI is InChI=1S/C15H20N4/c1-11(2)15-18-12(3)10-14(19-15)17-9-6-13-4-7-16-8-5-13/h4-5,7-8,10-11H,6,9H2,1-3H3,(H,17,18,19). The number of hydrogen-bond donors (Lipinski definition) is 1. The summed E-state index contributed by atoms with van der Waals surface area (Å²) < 4.78 is 0. The molecule has 0 saturated carbocycles. The Morgan fingerprint density at radius 2 is 1.89 bits per heavy atom. The van der Waals surface area contributed by atoms with Crippen molar-refractivity contribution in [2.24, 2.45) is 0 Å². The fraction of sp³-hybridized carbons (Fsp3) is 0.400. The third-order valence-electron chi connectivity index (χ3n) is 2.86. The first-order chi connectivity index (χ1) is 9.15. The lowest BCUT2D eigenvalue weighted by molar-refractivity contribution is 0.766. The van der Waals surface area contributed by atoms with Crippen molar-refractivity contribution >= 4 is 5.82 Å². The van der Waals surface area contributed by atoms with E-state index >= 15 is 0 Å². The molecular weight excluding hydrogens is 236 g/mol. The average Bonchev–Trinajstić information content (AvgIpc) is 2.39. The number of aromatic nitrogens is 3.